The summed E-state index contributed by atoms with van der Waals surface area (Å²) in [5.74, 6) is 0.628. The van der Waals surface area contributed by atoms with Crippen LogP contribution in [-0.2, 0) is 6.54 Å². The summed E-state index contributed by atoms with van der Waals surface area (Å²) >= 11 is 4.91. The lowest BCUT2D eigenvalue weighted by Crippen LogP contribution is -2.37. The van der Waals surface area contributed by atoms with E-state index in [2.05, 4.69) is 25.9 Å². The number of rotatable bonds is 5. The lowest BCUT2D eigenvalue weighted by Gasteiger charge is -2.07. The van der Waals surface area contributed by atoms with Crippen LogP contribution < -0.4 is 21.5 Å². The summed E-state index contributed by atoms with van der Waals surface area (Å²) < 4.78 is 0. The van der Waals surface area contributed by atoms with Crippen molar-refractivity contribution in [1.82, 2.24) is 25.9 Å². The fourth-order valence-corrected chi connectivity index (χ4v) is 1.16. The van der Waals surface area contributed by atoms with Crippen LogP contribution in [0.1, 0.15) is 5.82 Å². The average molecular weight is 241 g/mol. The summed E-state index contributed by atoms with van der Waals surface area (Å²) in [5.41, 5.74) is -0.138. The third-order valence-electron chi connectivity index (χ3n) is 1.83. The molecule has 0 aliphatic carbocycles. The van der Waals surface area contributed by atoms with Gasteiger partial charge in [-0.25, -0.2) is 4.98 Å². The topological polar surface area (TPSA) is 81.8 Å². The molecule has 0 aliphatic heterocycles. The molecule has 16 heavy (non-hydrogen) atoms. The highest BCUT2D eigenvalue weighted by Crippen LogP contribution is 1.81. The molecule has 0 unspecified atom stereocenters. The normalized spacial score (nSPS) is 9.81. The van der Waals surface area contributed by atoms with Crippen molar-refractivity contribution in [3.8, 4) is 0 Å². The van der Waals surface area contributed by atoms with Crippen LogP contribution in [0, 0.1) is 0 Å². The van der Waals surface area contributed by atoms with Crippen LogP contribution in [0.5, 0.6) is 0 Å². The average Bonchev–Trinajstić information content (AvgIpc) is 2.28. The molecule has 0 bridgehead atoms. The van der Waals surface area contributed by atoms with E-state index >= 15 is 0 Å². The Bertz CT molecular complexity index is 391. The second kappa shape index (κ2) is 6.91. The van der Waals surface area contributed by atoms with Gasteiger partial charge in [0.05, 0.1) is 6.54 Å². The molecule has 0 spiro atoms. The largest absolute Gasteiger partial charge is 0.366 e. The molecule has 0 amide bonds. The molecule has 7 heteroatoms. The van der Waals surface area contributed by atoms with E-state index in [1.807, 2.05) is 0 Å². The lowest BCUT2D eigenvalue weighted by molar-refractivity contribution is 0.645. The van der Waals surface area contributed by atoms with Gasteiger partial charge >= 0.3 is 0 Å². The summed E-state index contributed by atoms with van der Waals surface area (Å²) in [6.07, 6.45) is 1.49. The van der Waals surface area contributed by atoms with E-state index in [-0.39, 0.29) is 5.56 Å². The summed E-state index contributed by atoms with van der Waals surface area (Å²) in [4.78, 5) is 17.6. The van der Waals surface area contributed by atoms with Crippen molar-refractivity contribution in [2.24, 2.45) is 0 Å². The first-order valence-corrected chi connectivity index (χ1v) is 5.33. The Hall–Kier alpha value is -1.47. The van der Waals surface area contributed by atoms with Crippen molar-refractivity contribution in [3.63, 3.8) is 0 Å². The van der Waals surface area contributed by atoms with Crippen LogP contribution in [0.3, 0.4) is 0 Å². The number of hydrogen-bond acceptors (Lipinski definition) is 4. The highest BCUT2D eigenvalue weighted by molar-refractivity contribution is 7.80. The highest BCUT2D eigenvalue weighted by atomic mass is 32.1. The van der Waals surface area contributed by atoms with Crippen molar-refractivity contribution in [1.29, 1.82) is 0 Å². The Labute approximate surface area is 98.9 Å². The summed E-state index contributed by atoms with van der Waals surface area (Å²) in [7, 11) is 1.77. The smallest absolute Gasteiger partial charge is 0.250 e. The van der Waals surface area contributed by atoms with Gasteiger partial charge in [-0.2, -0.15) is 0 Å². The number of aromatic amines is 1. The third-order valence-corrected chi connectivity index (χ3v) is 2.18. The van der Waals surface area contributed by atoms with Crippen LogP contribution in [-0.4, -0.2) is 35.2 Å². The zero-order valence-corrected chi connectivity index (χ0v) is 9.86. The maximum absolute atomic E-state index is 10.9. The number of aromatic nitrogens is 2. The van der Waals surface area contributed by atoms with Crippen LogP contribution in [0.25, 0.3) is 0 Å². The minimum atomic E-state index is -0.138. The van der Waals surface area contributed by atoms with Crippen molar-refractivity contribution in [3.05, 3.63) is 28.4 Å². The SMILES string of the molecule is CNC(=S)NCCNCc1nccc(=O)[nH]1. The maximum atomic E-state index is 10.9. The fourth-order valence-electron chi connectivity index (χ4n) is 1.06. The molecule has 0 aliphatic rings. The minimum absolute atomic E-state index is 0.138. The molecular formula is C9H15N5OS. The predicted octanol–water partition coefficient (Wildman–Crippen LogP) is -1.05. The van der Waals surface area contributed by atoms with E-state index in [0.29, 0.717) is 17.5 Å². The molecule has 4 N–H and O–H groups in total. The van der Waals surface area contributed by atoms with Crippen molar-refractivity contribution in [2.45, 2.75) is 6.54 Å². The second-order valence-corrected chi connectivity index (χ2v) is 3.47. The molecule has 0 aromatic carbocycles. The summed E-state index contributed by atoms with van der Waals surface area (Å²) in [6.45, 7) is 1.99. The molecule has 6 nitrogen and oxygen atoms in total. The molecule has 0 fully saturated rings. The van der Waals surface area contributed by atoms with Crippen molar-refractivity contribution in [2.75, 3.05) is 20.1 Å². The van der Waals surface area contributed by atoms with Gasteiger partial charge in [0.15, 0.2) is 5.11 Å². The first-order chi connectivity index (χ1) is 7.72. The van der Waals surface area contributed by atoms with E-state index in [4.69, 9.17) is 12.2 Å². The molecule has 1 heterocycles. The molecule has 88 valence electrons. The van der Waals surface area contributed by atoms with Gasteiger partial charge in [0, 0.05) is 32.4 Å². The first kappa shape index (κ1) is 12.6. The Morgan fingerprint density at radius 3 is 3.06 bits per heavy atom. The van der Waals surface area contributed by atoms with E-state index in [9.17, 15) is 4.79 Å². The van der Waals surface area contributed by atoms with Gasteiger partial charge in [-0.05, 0) is 12.2 Å². The number of H-pyrrole nitrogens is 1. The van der Waals surface area contributed by atoms with Gasteiger partial charge in [-0.3, -0.25) is 4.79 Å². The zero-order valence-electron chi connectivity index (χ0n) is 9.04. The van der Waals surface area contributed by atoms with E-state index < -0.39 is 0 Å². The Kier molecular flexibility index (Phi) is 5.44. The summed E-state index contributed by atoms with van der Waals surface area (Å²) in [6, 6.07) is 1.39. The Morgan fingerprint density at radius 2 is 2.38 bits per heavy atom. The first-order valence-electron chi connectivity index (χ1n) is 4.93. The van der Waals surface area contributed by atoms with Gasteiger partial charge in [0.2, 0.25) is 0 Å². The number of hydrogen-bond donors (Lipinski definition) is 4. The fraction of sp³-hybridized carbons (Fsp3) is 0.444. The minimum Gasteiger partial charge on any atom is -0.366 e. The van der Waals surface area contributed by atoms with Crippen LogP contribution in [0.4, 0.5) is 0 Å². The lowest BCUT2D eigenvalue weighted by atomic mass is 10.5. The Morgan fingerprint density at radius 1 is 1.56 bits per heavy atom. The molecule has 0 saturated carbocycles. The van der Waals surface area contributed by atoms with Gasteiger partial charge < -0.3 is 20.9 Å². The van der Waals surface area contributed by atoms with E-state index in [1.54, 1.807) is 7.05 Å². The highest BCUT2D eigenvalue weighted by Gasteiger charge is 1.94. The third kappa shape index (κ3) is 4.85. The molecule has 0 atom stereocenters. The van der Waals surface area contributed by atoms with Gasteiger partial charge in [0.25, 0.3) is 5.56 Å². The number of nitrogens with zero attached hydrogens (tertiary/aromatic N) is 1. The molecule has 1 aromatic heterocycles. The van der Waals surface area contributed by atoms with Crippen LogP contribution in [0.15, 0.2) is 17.1 Å². The summed E-state index contributed by atoms with van der Waals surface area (Å²) in [5, 5.41) is 9.55. The molecular weight excluding hydrogens is 226 g/mol. The van der Waals surface area contributed by atoms with Crippen LogP contribution in [0.2, 0.25) is 0 Å². The van der Waals surface area contributed by atoms with E-state index in [1.165, 1.54) is 12.3 Å². The van der Waals surface area contributed by atoms with Gasteiger partial charge in [0.1, 0.15) is 5.82 Å². The van der Waals surface area contributed by atoms with E-state index in [0.717, 1.165) is 13.1 Å². The zero-order chi connectivity index (χ0) is 11.8. The number of nitrogens with one attached hydrogen (secondary N) is 4. The second-order valence-electron chi connectivity index (χ2n) is 3.06. The number of thiocarbonyl (C=S) groups is 1. The maximum Gasteiger partial charge on any atom is 0.250 e. The predicted molar refractivity (Wildman–Crippen MR) is 66.2 cm³/mol. The molecule has 1 rings (SSSR count). The molecule has 0 radical (unpaired) electrons. The quantitative estimate of drug-likeness (QED) is 0.389. The van der Waals surface area contributed by atoms with Crippen molar-refractivity contribution >= 4 is 17.3 Å². The van der Waals surface area contributed by atoms with Gasteiger partial charge in [-0.1, -0.05) is 0 Å². The van der Waals surface area contributed by atoms with Crippen molar-refractivity contribution < 1.29 is 0 Å². The Balaban J connectivity index is 2.16. The standard InChI is InChI=1S/C9H15N5OS/c1-10-9(16)13-5-4-11-6-7-12-3-2-8(15)14-7/h2-3,11H,4-6H2,1H3,(H2,10,13,16)(H,12,14,15). The molecule has 1 aromatic rings. The monoisotopic (exact) mass is 241 g/mol. The van der Waals surface area contributed by atoms with Crippen LogP contribution >= 0.6 is 12.2 Å². The van der Waals surface area contributed by atoms with Gasteiger partial charge in [-0.15, -0.1) is 0 Å². The molecule has 0 saturated heterocycles.